The van der Waals surface area contributed by atoms with Crippen molar-refractivity contribution in [2.45, 2.75) is 12.3 Å². The summed E-state index contributed by atoms with van der Waals surface area (Å²) in [6, 6.07) is 15.7. The van der Waals surface area contributed by atoms with E-state index in [9.17, 15) is 4.79 Å². The van der Waals surface area contributed by atoms with Crippen LogP contribution in [0, 0.1) is 0 Å². The Morgan fingerprint density at radius 1 is 1.16 bits per heavy atom. The molecule has 6 heteroatoms. The maximum atomic E-state index is 12.0. The fourth-order valence-electron chi connectivity index (χ4n) is 2.34. The maximum absolute atomic E-state index is 12.0. The minimum absolute atomic E-state index is 0.0331. The van der Waals surface area contributed by atoms with E-state index in [1.54, 1.807) is 24.3 Å². The van der Waals surface area contributed by atoms with Gasteiger partial charge in [-0.3, -0.25) is 4.79 Å². The van der Waals surface area contributed by atoms with Crippen molar-refractivity contribution >= 4 is 29.3 Å². The highest BCUT2D eigenvalue weighted by Crippen LogP contribution is 2.16. The third-order valence-electron chi connectivity index (χ3n) is 3.62. The number of imidazole rings is 1. The van der Waals surface area contributed by atoms with E-state index in [0.29, 0.717) is 12.3 Å². The highest BCUT2D eigenvalue weighted by atomic mass is 35.5. The lowest BCUT2D eigenvalue weighted by molar-refractivity contribution is -0.118. The largest absolute Gasteiger partial charge is 0.351 e. The summed E-state index contributed by atoms with van der Waals surface area (Å²) >= 11 is 7.53. The van der Waals surface area contributed by atoms with Gasteiger partial charge in [0.05, 0.1) is 12.1 Å². The van der Waals surface area contributed by atoms with Crippen LogP contribution in [0.5, 0.6) is 0 Å². The topological polar surface area (TPSA) is 46.9 Å². The van der Waals surface area contributed by atoms with Crippen LogP contribution in [0.3, 0.4) is 0 Å². The first kappa shape index (κ1) is 17.6. The number of carbonyl (C=O) groups excluding carboxylic acids is 1. The molecule has 25 heavy (non-hydrogen) atoms. The van der Waals surface area contributed by atoms with Crippen LogP contribution in [0.4, 0.5) is 0 Å². The van der Waals surface area contributed by atoms with Crippen molar-refractivity contribution in [3.05, 3.63) is 83.4 Å². The summed E-state index contributed by atoms with van der Waals surface area (Å²) in [5, 5.41) is 3.67. The predicted octanol–water partition coefficient (Wildman–Crippen LogP) is 4.08. The van der Waals surface area contributed by atoms with Gasteiger partial charge in [-0.15, -0.1) is 11.8 Å². The number of rotatable bonds is 7. The smallest absolute Gasteiger partial charge is 0.230 e. The van der Waals surface area contributed by atoms with E-state index in [1.807, 2.05) is 59.3 Å². The fourth-order valence-corrected chi connectivity index (χ4v) is 3.36. The second kappa shape index (κ2) is 8.74. The fraction of sp³-hybridized carbons (Fsp3) is 0.158. The molecule has 1 N–H and O–H groups in total. The number of hydrogen-bond acceptors (Lipinski definition) is 3. The van der Waals surface area contributed by atoms with Crippen molar-refractivity contribution in [1.82, 2.24) is 14.9 Å². The number of amides is 1. The molecule has 1 amide bonds. The molecule has 0 fully saturated rings. The third-order valence-corrected chi connectivity index (χ3v) is 4.86. The molecule has 0 aliphatic heterocycles. The van der Waals surface area contributed by atoms with Gasteiger partial charge in [0, 0.05) is 35.4 Å². The second-order valence-electron chi connectivity index (χ2n) is 5.54. The molecule has 0 saturated heterocycles. The van der Waals surface area contributed by atoms with Crippen LogP contribution in [0.25, 0.3) is 5.69 Å². The molecular weight excluding hydrogens is 354 g/mol. The van der Waals surface area contributed by atoms with Crippen LogP contribution in [-0.2, 0) is 17.1 Å². The summed E-state index contributed by atoms with van der Waals surface area (Å²) in [7, 11) is 0. The quantitative estimate of drug-likeness (QED) is 0.680. The van der Waals surface area contributed by atoms with E-state index in [0.717, 1.165) is 27.6 Å². The van der Waals surface area contributed by atoms with Crippen molar-refractivity contribution in [1.29, 1.82) is 0 Å². The van der Waals surface area contributed by atoms with Crippen molar-refractivity contribution in [2.24, 2.45) is 0 Å². The Bertz CT molecular complexity index is 819. The highest BCUT2D eigenvalue weighted by Gasteiger charge is 2.03. The van der Waals surface area contributed by atoms with E-state index in [-0.39, 0.29) is 5.91 Å². The third kappa shape index (κ3) is 5.37. The molecule has 3 aromatic rings. The van der Waals surface area contributed by atoms with Gasteiger partial charge in [-0.1, -0.05) is 35.9 Å². The van der Waals surface area contributed by atoms with Gasteiger partial charge in [0.1, 0.15) is 0 Å². The minimum atomic E-state index is 0.0331. The number of aromatic nitrogens is 2. The molecular formula is C19H18ClN3OS. The summed E-state index contributed by atoms with van der Waals surface area (Å²) in [4.78, 5) is 16.0. The summed E-state index contributed by atoms with van der Waals surface area (Å²) in [5.74, 6) is 1.23. The zero-order valence-electron chi connectivity index (χ0n) is 13.6. The van der Waals surface area contributed by atoms with E-state index >= 15 is 0 Å². The summed E-state index contributed by atoms with van der Waals surface area (Å²) in [6.07, 6.45) is 5.40. The first-order valence-corrected chi connectivity index (χ1v) is 9.40. The zero-order valence-corrected chi connectivity index (χ0v) is 15.1. The lowest BCUT2D eigenvalue weighted by Crippen LogP contribution is -2.24. The van der Waals surface area contributed by atoms with Gasteiger partial charge in [0.2, 0.25) is 5.91 Å². The van der Waals surface area contributed by atoms with Gasteiger partial charge in [-0.2, -0.15) is 0 Å². The standard InChI is InChI=1S/C19H18ClN3OS/c20-17-3-1-2-16(10-17)12-25-13-19(24)22-11-15-4-6-18(7-5-15)23-9-8-21-14-23/h1-10,14H,11-13H2,(H,22,24). The van der Waals surface area contributed by atoms with E-state index in [1.165, 1.54) is 0 Å². The summed E-state index contributed by atoms with van der Waals surface area (Å²) in [6.45, 7) is 0.529. The van der Waals surface area contributed by atoms with E-state index < -0.39 is 0 Å². The Labute approximate surface area is 156 Å². The van der Waals surface area contributed by atoms with Gasteiger partial charge in [0.15, 0.2) is 0 Å². The van der Waals surface area contributed by atoms with Crippen molar-refractivity contribution in [2.75, 3.05) is 5.75 Å². The van der Waals surface area contributed by atoms with Crippen molar-refractivity contribution in [3.8, 4) is 5.69 Å². The number of nitrogens with one attached hydrogen (secondary N) is 1. The Morgan fingerprint density at radius 2 is 2.00 bits per heavy atom. The molecule has 128 valence electrons. The first-order chi connectivity index (χ1) is 12.2. The lowest BCUT2D eigenvalue weighted by Gasteiger charge is -2.07. The van der Waals surface area contributed by atoms with Gasteiger partial charge in [-0.25, -0.2) is 4.98 Å². The van der Waals surface area contributed by atoms with Crippen molar-refractivity contribution in [3.63, 3.8) is 0 Å². The molecule has 1 heterocycles. The SMILES string of the molecule is O=C(CSCc1cccc(Cl)c1)NCc1ccc(-n2ccnc2)cc1. The molecule has 0 aliphatic carbocycles. The molecule has 0 spiro atoms. The predicted molar refractivity (Wildman–Crippen MR) is 103 cm³/mol. The van der Waals surface area contributed by atoms with E-state index in [2.05, 4.69) is 10.3 Å². The number of carbonyl (C=O) groups is 1. The Morgan fingerprint density at radius 3 is 2.72 bits per heavy atom. The number of hydrogen-bond donors (Lipinski definition) is 1. The van der Waals surface area contributed by atoms with Gasteiger partial charge in [-0.05, 0) is 35.4 Å². The average molecular weight is 372 g/mol. The highest BCUT2D eigenvalue weighted by molar-refractivity contribution is 7.99. The number of nitrogens with zero attached hydrogens (tertiary/aromatic N) is 2. The van der Waals surface area contributed by atoms with Gasteiger partial charge >= 0.3 is 0 Å². The number of thioether (sulfide) groups is 1. The molecule has 0 bridgehead atoms. The van der Waals surface area contributed by atoms with Crippen LogP contribution in [0.15, 0.2) is 67.3 Å². The molecule has 2 aromatic carbocycles. The molecule has 0 aliphatic rings. The van der Waals surface area contributed by atoms with Crippen molar-refractivity contribution < 1.29 is 4.79 Å². The maximum Gasteiger partial charge on any atom is 0.230 e. The molecule has 3 rings (SSSR count). The first-order valence-electron chi connectivity index (χ1n) is 7.87. The molecule has 0 radical (unpaired) electrons. The summed E-state index contributed by atoms with van der Waals surface area (Å²) < 4.78 is 1.94. The van der Waals surface area contributed by atoms with Crippen LogP contribution in [0.1, 0.15) is 11.1 Å². The number of benzene rings is 2. The van der Waals surface area contributed by atoms with Crippen LogP contribution in [0.2, 0.25) is 5.02 Å². The number of halogens is 1. The summed E-state index contributed by atoms with van der Waals surface area (Å²) in [5.41, 5.74) is 3.24. The normalized spacial score (nSPS) is 10.6. The second-order valence-corrected chi connectivity index (χ2v) is 6.96. The van der Waals surface area contributed by atoms with Gasteiger partial charge in [0.25, 0.3) is 0 Å². The molecule has 0 unspecified atom stereocenters. The average Bonchev–Trinajstić information content (AvgIpc) is 3.15. The van der Waals surface area contributed by atoms with Crippen LogP contribution >= 0.6 is 23.4 Å². The lowest BCUT2D eigenvalue weighted by atomic mass is 10.2. The van der Waals surface area contributed by atoms with Crippen LogP contribution in [-0.4, -0.2) is 21.2 Å². The van der Waals surface area contributed by atoms with E-state index in [4.69, 9.17) is 11.6 Å². The zero-order chi connectivity index (χ0) is 17.5. The Balaban J connectivity index is 1.41. The molecule has 0 atom stereocenters. The molecule has 0 saturated carbocycles. The Kier molecular flexibility index (Phi) is 6.14. The van der Waals surface area contributed by atoms with Gasteiger partial charge < -0.3 is 9.88 Å². The molecule has 4 nitrogen and oxygen atoms in total. The molecule has 1 aromatic heterocycles. The monoisotopic (exact) mass is 371 g/mol. The minimum Gasteiger partial charge on any atom is -0.351 e. The Hall–Kier alpha value is -2.24. The van der Waals surface area contributed by atoms with Crippen LogP contribution < -0.4 is 5.32 Å².